The van der Waals surface area contributed by atoms with E-state index in [9.17, 15) is 0 Å². The Morgan fingerprint density at radius 3 is 2.89 bits per heavy atom. The highest BCUT2D eigenvalue weighted by Gasteiger charge is 2.19. The molecule has 0 fully saturated rings. The molecule has 0 amide bonds. The first-order valence-corrected chi connectivity index (χ1v) is 6.38. The van der Waals surface area contributed by atoms with Gasteiger partial charge in [0.15, 0.2) is 0 Å². The summed E-state index contributed by atoms with van der Waals surface area (Å²) in [5.41, 5.74) is 3.58. The summed E-state index contributed by atoms with van der Waals surface area (Å²) in [6.07, 6.45) is 0. The third-order valence-corrected chi connectivity index (χ3v) is 3.37. The van der Waals surface area contributed by atoms with Gasteiger partial charge in [0.1, 0.15) is 0 Å². The zero-order chi connectivity index (χ0) is 12.4. The molecule has 0 aliphatic carbocycles. The highest BCUT2D eigenvalue weighted by molar-refractivity contribution is 6.30. The predicted molar refractivity (Wildman–Crippen MR) is 73.9 cm³/mol. The molecule has 2 aromatic rings. The van der Waals surface area contributed by atoms with Crippen LogP contribution in [0.15, 0.2) is 48.5 Å². The molecule has 0 spiro atoms. The van der Waals surface area contributed by atoms with Gasteiger partial charge >= 0.3 is 0 Å². The van der Waals surface area contributed by atoms with Crippen molar-refractivity contribution in [1.82, 2.24) is 0 Å². The van der Waals surface area contributed by atoms with Crippen LogP contribution in [0.3, 0.4) is 0 Å². The van der Waals surface area contributed by atoms with Crippen molar-refractivity contribution in [1.29, 1.82) is 0 Å². The SMILES string of the molecule is Clc1cccc(NC2COCc3ccccc32)c1. The molecule has 2 aromatic carbocycles. The van der Waals surface area contributed by atoms with Crippen molar-refractivity contribution in [3.63, 3.8) is 0 Å². The quantitative estimate of drug-likeness (QED) is 0.879. The van der Waals surface area contributed by atoms with Crippen LogP contribution in [0, 0.1) is 0 Å². The molecule has 18 heavy (non-hydrogen) atoms. The Balaban J connectivity index is 1.86. The topological polar surface area (TPSA) is 21.3 Å². The van der Waals surface area contributed by atoms with Gasteiger partial charge in [0.25, 0.3) is 0 Å². The number of hydrogen-bond donors (Lipinski definition) is 1. The molecule has 92 valence electrons. The Hall–Kier alpha value is -1.51. The minimum absolute atomic E-state index is 0.188. The molecule has 0 saturated carbocycles. The number of ether oxygens (including phenoxy) is 1. The first-order chi connectivity index (χ1) is 8.83. The summed E-state index contributed by atoms with van der Waals surface area (Å²) in [6.45, 7) is 1.38. The fourth-order valence-electron chi connectivity index (χ4n) is 2.28. The molecule has 0 bridgehead atoms. The maximum atomic E-state index is 5.99. The van der Waals surface area contributed by atoms with Crippen LogP contribution in [0.2, 0.25) is 5.02 Å². The number of anilines is 1. The molecule has 1 unspecified atom stereocenters. The fraction of sp³-hybridized carbons (Fsp3) is 0.200. The Kier molecular flexibility index (Phi) is 3.22. The van der Waals surface area contributed by atoms with Crippen molar-refractivity contribution < 1.29 is 4.74 Å². The minimum Gasteiger partial charge on any atom is -0.376 e. The molecule has 1 heterocycles. The van der Waals surface area contributed by atoms with Gasteiger partial charge in [-0.05, 0) is 29.3 Å². The number of hydrogen-bond acceptors (Lipinski definition) is 2. The van der Waals surface area contributed by atoms with Crippen LogP contribution in [0.1, 0.15) is 17.2 Å². The second-order valence-electron chi connectivity index (χ2n) is 4.42. The van der Waals surface area contributed by atoms with Gasteiger partial charge in [0.2, 0.25) is 0 Å². The Labute approximate surface area is 112 Å². The third kappa shape index (κ3) is 2.35. The van der Waals surface area contributed by atoms with Crippen molar-refractivity contribution in [2.45, 2.75) is 12.6 Å². The summed E-state index contributed by atoms with van der Waals surface area (Å²) in [5, 5.41) is 4.21. The maximum Gasteiger partial charge on any atom is 0.0751 e. The Morgan fingerprint density at radius 2 is 2.00 bits per heavy atom. The number of halogens is 1. The molecule has 0 saturated heterocycles. The second-order valence-corrected chi connectivity index (χ2v) is 4.86. The van der Waals surface area contributed by atoms with Crippen molar-refractivity contribution in [3.05, 3.63) is 64.7 Å². The summed E-state index contributed by atoms with van der Waals surface area (Å²) < 4.78 is 5.62. The predicted octanol–water partition coefficient (Wildman–Crippen LogP) is 4.02. The monoisotopic (exact) mass is 259 g/mol. The van der Waals surface area contributed by atoms with Gasteiger partial charge < -0.3 is 10.1 Å². The minimum atomic E-state index is 0.188. The van der Waals surface area contributed by atoms with Gasteiger partial charge in [-0.1, -0.05) is 41.9 Å². The molecule has 1 aliphatic heterocycles. The highest BCUT2D eigenvalue weighted by atomic mass is 35.5. The van der Waals surface area contributed by atoms with Gasteiger partial charge in [0, 0.05) is 10.7 Å². The number of rotatable bonds is 2. The van der Waals surface area contributed by atoms with E-state index in [0.717, 1.165) is 10.7 Å². The van der Waals surface area contributed by atoms with E-state index >= 15 is 0 Å². The van der Waals surface area contributed by atoms with E-state index in [0.29, 0.717) is 13.2 Å². The van der Waals surface area contributed by atoms with Crippen LogP contribution in [-0.4, -0.2) is 6.61 Å². The average Bonchev–Trinajstić information content (AvgIpc) is 2.39. The molecule has 1 atom stereocenters. The van der Waals surface area contributed by atoms with Crippen molar-refractivity contribution >= 4 is 17.3 Å². The third-order valence-electron chi connectivity index (χ3n) is 3.14. The lowest BCUT2D eigenvalue weighted by molar-refractivity contribution is 0.0970. The van der Waals surface area contributed by atoms with E-state index in [4.69, 9.17) is 16.3 Å². The van der Waals surface area contributed by atoms with Crippen LogP contribution < -0.4 is 5.32 Å². The highest BCUT2D eigenvalue weighted by Crippen LogP contribution is 2.28. The summed E-state index contributed by atoms with van der Waals surface area (Å²) in [7, 11) is 0. The molecule has 1 N–H and O–H groups in total. The molecule has 0 aromatic heterocycles. The second kappa shape index (κ2) is 5.01. The van der Waals surface area contributed by atoms with Crippen LogP contribution in [0.4, 0.5) is 5.69 Å². The van der Waals surface area contributed by atoms with E-state index in [-0.39, 0.29) is 6.04 Å². The largest absolute Gasteiger partial charge is 0.376 e. The fourth-order valence-corrected chi connectivity index (χ4v) is 2.47. The Bertz CT molecular complexity index is 556. The van der Waals surface area contributed by atoms with Crippen LogP contribution >= 0.6 is 11.6 Å². The van der Waals surface area contributed by atoms with Crippen LogP contribution in [0.25, 0.3) is 0 Å². The van der Waals surface area contributed by atoms with Gasteiger partial charge in [-0.3, -0.25) is 0 Å². The molecule has 0 radical (unpaired) electrons. The van der Waals surface area contributed by atoms with E-state index in [1.165, 1.54) is 11.1 Å². The normalized spacial score (nSPS) is 18.2. The number of fused-ring (bicyclic) bond motifs is 1. The summed E-state index contributed by atoms with van der Waals surface area (Å²) in [4.78, 5) is 0. The van der Waals surface area contributed by atoms with Gasteiger partial charge in [-0.2, -0.15) is 0 Å². The van der Waals surface area contributed by atoms with Crippen molar-refractivity contribution in [2.24, 2.45) is 0 Å². The average molecular weight is 260 g/mol. The first-order valence-electron chi connectivity index (χ1n) is 6.00. The lowest BCUT2D eigenvalue weighted by Gasteiger charge is -2.27. The Morgan fingerprint density at radius 1 is 1.11 bits per heavy atom. The molecular weight excluding hydrogens is 246 g/mol. The van der Waals surface area contributed by atoms with Gasteiger partial charge in [-0.25, -0.2) is 0 Å². The molecule has 1 aliphatic rings. The van der Waals surface area contributed by atoms with Crippen LogP contribution in [-0.2, 0) is 11.3 Å². The standard InChI is InChI=1S/C15H14ClNO/c16-12-5-3-6-13(8-12)17-15-10-18-9-11-4-1-2-7-14(11)15/h1-8,15,17H,9-10H2. The summed E-state index contributed by atoms with van der Waals surface area (Å²) in [6, 6.07) is 16.3. The van der Waals surface area contributed by atoms with Crippen molar-refractivity contribution in [3.8, 4) is 0 Å². The van der Waals surface area contributed by atoms with Gasteiger partial charge in [0.05, 0.1) is 19.3 Å². The summed E-state index contributed by atoms with van der Waals surface area (Å²) in [5.74, 6) is 0. The zero-order valence-corrected chi connectivity index (χ0v) is 10.7. The number of nitrogens with one attached hydrogen (secondary N) is 1. The van der Waals surface area contributed by atoms with E-state index < -0.39 is 0 Å². The first kappa shape index (κ1) is 11.6. The van der Waals surface area contributed by atoms with Crippen LogP contribution in [0.5, 0.6) is 0 Å². The van der Waals surface area contributed by atoms with Gasteiger partial charge in [-0.15, -0.1) is 0 Å². The molecule has 3 rings (SSSR count). The molecule has 2 nitrogen and oxygen atoms in total. The molecular formula is C15H14ClNO. The smallest absolute Gasteiger partial charge is 0.0751 e. The lowest BCUT2D eigenvalue weighted by Crippen LogP contribution is -2.23. The van der Waals surface area contributed by atoms with E-state index in [2.05, 4.69) is 23.5 Å². The maximum absolute atomic E-state index is 5.99. The van der Waals surface area contributed by atoms with E-state index in [1.54, 1.807) is 0 Å². The summed E-state index contributed by atoms with van der Waals surface area (Å²) >= 11 is 5.99. The molecule has 3 heteroatoms. The van der Waals surface area contributed by atoms with Crippen molar-refractivity contribution in [2.75, 3.05) is 11.9 Å². The van der Waals surface area contributed by atoms with E-state index in [1.807, 2.05) is 30.3 Å². The zero-order valence-electron chi connectivity index (χ0n) is 9.90. The number of benzene rings is 2. The lowest BCUT2D eigenvalue weighted by atomic mass is 9.99.